The highest BCUT2D eigenvalue weighted by molar-refractivity contribution is 7.89. The molecule has 0 spiro atoms. The largest absolute Gasteiger partial charge is 0.497 e. The SMILES string of the molecule is COc1ccc(S(=O)(=O)N2CCC(C(=O)Nc3nc(-c4cccs4)cs3)CC2)cc1. The first-order valence-corrected chi connectivity index (χ1v) is 12.6. The van der Waals surface area contributed by atoms with E-state index in [0.717, 1.165) is 10.6 Å². The Morgan fingerprint density at radius 3 is 2.53 bits per heavy atom. The molecule has 10 heteroatoms. The third-order valence-corrected chi connectivity index (χ3v) is 8.59. The number of hydrogen-bond acceptors (Lipinski definition) is 7. The van der Waals surface area contributed by atoms with Gasteiger partial charge in [0, 0.05) is 24.4 Å². The number of aromatic nitrogens is 1. The molecule has 0 atom stereocenters. The van der Waals surface area contributed by atoms with Gasteiger partial charge in [-0.2, -0.15) is 4.31 Å². The highest BCUT2D eigenvalue weighted by Crippen LogP contribution is 2.30. The zero-order valence-electron chi connectivity index (χ0n) is 16.3. The van der Waals surface area contributed by atoms with Crippen LogP contribution in [0.3, 0.4) is 0 Å². The summed E-state index contributed by atoms with van der Waals surface area (Å²) >= 11 is 2.99. The fraction of sp³-hybridized carbons (Fsp3) is 0.300. The van der Waals surface area contributed by atoms with Crippen molar-refractivity contribution in [1.82, 2.24) is 9.29 Å². The van der Waals surface area contributed by atoms with Gasteiger partial charge in [0.25, 0.3) is 0 Å². The van der Waals surface area contributed by atoms with Crippen LogP contribution in [-0.2, 0) is 14.8 Å². The summed E-state index contributed by atoms with van der Waals surface area (Å²) in [7, 11) is -2.04. The molecular weight excluding hydrogens is 442 g/mol. The van der Waals surface area contributed by atoms with Crippen LogP contribution in [0.1, 0.15) is 12.8 Å². The third-order valence-electron chi connectivity index (χ3n) is 5.03. The van der Waals surface area contributed by atoms with E-state index in [4.69, 9.17) is 4.74 Å². The second kappa shape index (κ2) is 8.84. The summed E-state index contributed by atoms with van der Waals surface area (Å²) in [6.45, 7) is 0.621. The number of rotatable bonds is 6. The Morgan fingerprint density at radius 1 is 1.17 bits per heavy atom. The number of ether oxygens (including phenoxy) is 1. The molecule has 158 valence electrons. The average molecular weight is 464 g/mol. The maximum atomic E-state index is 12.8. The molecule has 7 nitrogen and oxygen atoms in total. The summed E-state index contributed by atoms with van der Waals surface area (Å²) in [5.41, 5.74) is 0.853. The van der Waals surface area contributed by atoms with Gasteiger partial charge in [0.05, 0.1) is 22.6 Å². The number of hydrogen-bond donors (Lipinski definition) is 1. The molecule has 1 amide bonds. The number of anilines is 1. The maximum absolute atomic E-state index is 12.8. The van der Waals surface area contributed by atoms with E-state index >= 15 is 0 Å². The van der Waals surface area contributed by atoms with Crippen LogP contribution in [0.4, 0.5) is 5.13 Å². The standard InChI is InChI=1S/C20H21N3O4S3/c1-27-15-4-6-16(7-5-15)30(25,26)23-10-8-14(9-11-23)19(24)22-20-21-17(13-29-20)18-3-2-12-28-18/h2-7,12-14H,8-11H2,1H3,(H,21,22,24). The first kappa shape index (κ1) is 21.0. The van der Waals surface area contributed by atoms with E-state index in [0.29, 0.717) is 36.8 Å². The second-order valence-electron chi connectivity index (χ2n) is 6.86. The minimum absolute atomic E-state index is 0.108. The van der Waals surface area contributed by atoms with Gasteiger partial charge in [-0.15, -0.1) is 22.7 Å². The van der Waals surface area contributed by atoms with Crippen molar-refractivity contribution < 1.29 is 17.9 Å². The number of benzene rings is 1. The topological polar surface area (TPSA) is 88.6 Å². The van der Waals surface area contributed by atoms with E-state index in [2.05, 4.69) is 10.3 Å². The highest BCUT2D eigenvalue weighted by Gasteiger charge is 2.32. The molecule has 4 rings (SSSR count). The van der Waals surface area contributed by atoms with Crippen molar-refractivity contribution in [3.63, 3.8) is 0 Å². The predicted molar refractivity (Wildman–Crippen MR) is 119 cm³/mol. The number of piperidine rings is 1. The van der Waals surface area contributed by atoms with E-state index in [9.17, 15) is 13.2 Å². The fourth-order valence-electron chi connectivity index (χ4n) is 3.33. The van der Waals surface area contributed by atoms with Gasteiger partial charge in [-0.25, -0.2) is 13.4 Å². The monoisotopic (exact) mass is 463 g/mol. The first-order chi connectivity index (χ1) is 14.5. The summed E-state index contributed by atoms with van der Waals surface area (Å²) in [5, 5.41) is 7.36. The molecule has 30 heavy (non-hydrogen) atoms. The molecule has 1 fully saturated rings. The normalized spacial score (nSPS) is 15.8. The number of nitrogens with zero attached hydrogens (tertiary/aromatic N) is 2. The Labute approximate surface area is 183 Å². The number of carbonyl (C=O) groups excluding carboxylic acids is 1. The molecule has 2 aromatic heterocycles. The lowest BCUT2D eigenvalue weighted by Gasteiger charge is -2.30. The molecule has 0 radical (unpaired) electrons. The fourth-order valence-corrected chi connectivity index (χ4v) is 6.28. The van der Waals surface area contributed by atoms with Crippen molar-refractivity contribution in [2.75, 3.05) is 25.5 Å². The molecule has 1 N–H and O–H groups in total. The molecule has 1 aliphatic heterocycles. The lowest BCUT2D eigenvalue weighted by molar-refractivity contribution is -0.120. The van der Waals surface area contributed by atoms with E-state index in [-0.39, 0.29) is 16.7 Å². The molecule has 0 bridgehead atoms. The van der Waals surface area contributed by atoms with Crippen molar-refractivity contribution in [2.24, 2.45) is 5.92 Å². The molecule has 1 aliphatic rings. The van der Waals surface area contributed by atoms with E-state index in [1.54, 1.807) is 35.6 Å². The van der Waals surface area contributed by atoms with Crippen LogP contribution >= 0.6 is 22.7 Å². The lowest BCUT2D eigenvalue weighted by Crippen LogP contribution is -2.41. The van der Waals surface area contributed by atoms with Crippen LogP contribution in [0.25, 0.3) is 10.6 Å². The molecule has 3 aromatic rings. The van der Waals surface area contributed by atoms with Gasteiger partial charge in [0.2, 0.25) is 15.9 Å². The Bertz CT molecular complexity index is 1100. The number of sulfonamides is 1. The summed E-state index contributed by atoms with van der Waals surface area (Å²) in [5.74, 6) is 0.263. The molecule has 0 saturated carbocycles. The number of nitrogens with one attached hydrogen (secondary N) is 1. The Morgan fingerprint density at radius 2 is 1.90 bits per heavy atom. The maximum Gasteiger partial charge on any atom is 0.243 e. The van der Waals surface area contributed by atoms with Crippen LogP contribution in [0.15, 0.2) is 52.1 Å². The summed E-state index contributed by atoms with van der Waals surface area (Å²) in [6, 6.07) is 10.3. The highest BCUT2D eigenvalue weighted by atomic mass is 32.2. The number of carbonyl (C=O) groups is 1. The van der Waals surface area contributed by atoms with Crippen LogP contribution in [-0.4, -0.2) is 43.8 Å². The van der Waals surface area contributed by atoms with Crippen LogP contribution in [0.5, 0.6) is 5.75 Å². The van der Waals surface area contributed by atoms with Crippen LogP contribution in [0.2, 0.25) is 0 Å². The Hall–Kier alpha value is -2.27. The Kier molecular flexibility index (Phi) is 6.19. The smallest absolute Gasteiger partial charge is 0.243 e. The molecule has 0 unspecified atom stereocenters. The van der Waals surface area contributed by atoms with Gasteiger partial charge in [0.1, 0.15) is 5.75 Å². The van der Waals surface area contributed by atoms with Gasteiger partial charge in [-0.05, 0) is 48.6 Å². The van der Waals surface area contributed by atoms with Gasteiger partial charge in [-0.1, -0.05) is 6.07 Å². The van der Waals surface area contributed by atoms with Crippen molar-refractivity contribution in [3.05, 3.63) is 47.2 Å². The van der Waals surface area contributed by atoms with Crippen LogP contribution in [0, 0.1) is 5.92 Å². The molecule has 1 saturated heterocycles. The second-order valence-corrected chi connectivity index (χ2v) is 10.6. The third kappa shape index (κ3) is 4.41. The summed E-state index contributed by atoms with van der Waals surface area (Å²) in [6.07, 6.45) is 0.953. The van der Waals surface area contributed by atoms with Gasteiger partial charge in [-0.3, -0.25) is 4.79 Å². The predicted octanol–water partition coefficient (Wildman–Crippen LogP) is 3.92. The lowest BCUT2D eigenvalue weighted by atomic mass is 9.97. The average Bonchev–Trinajstić information content (AvgIpc) is 3.46. The van der Waals surface area contributed by atoms with Gasteiger partial charge in [0.15, 0.2) is 5.13 Å². The number of thiazole rings is 1. The molecule has 0 aliphatic carbocycles. The Balaban J connectivity index is 1.35. The van der Waals surface area contributed by atoms with Crippen LogP contribution < -0.4 is 10.1 Å². The van der Waals surface area contributed by atoms with E-state index in [1.807, 2.05) is 22.9 Å². The summed E-state index contributed by atoms with van der Waals surface area (Å²) < 4.78 is 32.2. The minimum Gasteiger partial charge on any atom is -0.497 e. The van der Waals surface area contributed by atoms with Gasteiger partial charge < -0.3 is 10.1 Å². The number of amides is 1. The number of methoxy groups -OCH3 is 1. The molecule has 3 heterocycles. The zero-order chi connectivity index (χ0) is 21.1. The summed E-state index contributed by atoms with van der Waals surface area (Å²) in [4.78, 5) is 18.4. The van der Waals surface area contributed by atoms with Crippen molar-refractivity contribution in [1.29, 1.82) is 0 Å². The van der Waals surface area contributed by atoms with Crippen molar-refractivity contribution >= 4 is 43.7 Å². The van der Waals surface area contributed by atoms with E-state index in [1.165, 1.54) is 22.8 Å². The van der Waals surface area contributed by atoms with Crippen molar-refractivity contribution in [2.45, 2.75) is 17.7 Å². The first-order valence-electron chi connectivity index (χ1n) is 9.42. The number of thiophene rings is 1. The minimum atomic E-state index is -3.58. The van der Waals surface area contributed by atoms with E-state index < -0.39 is 10.0 Å². The molecular formula is C20H21N3O4S3. The van der Waals surface area contributed by atoms with Crippen molar-refractivity contribution in [3.8, 4) is 16.3 Å². The zero-order valence-corrected chi connectivity index (χ0v) is 18.7. The van der Waals surface area contributed by atoms with Gasteiger partial charge >= 0.3 is 0 Å². The quantitative estimate of drug-likeness (QED) is 0.599. The molecule has 1 aromatic carbocycles.